The van der Waals surface area contributed by atoms with Crippen molar-refractivity contribution >= 4 is 7.26 Å². The molecule has 0 aliphatic heterocycles. The Bertz CT molecular complexity index is 139. The zero-order valence-electron chi connectivity index (χ0n) is 15.5. The van der Waals surface area contributed by atoms with Gasteiger partial charge in [-0.15, -0.1) is 0 Å². The summed E-state index contributed by atoms with van der Waals surface area (Å²) in [5.41, 5.74) is 0. The Labute approximate surface area is 142 Å². The van der Waals surface area contributed by atoms with E-state index < -0.39 is 7.26 Å². The van der Waals surface area contributed by atoms with Crippen molar-refractivity contribution in [2.75, 3.05) is 31.3 Å². The van der Waals surface area contributed by atoms with Crippen LogP contribution in [0, 0.1) is 0 Å². The average molecular weight is 341 g/mol. The van der Waals surface area contributed by atoms with Crippen LogP contribution < -0.4 is 12.4 Å². The number of aliphatic hydroxyl groups excluding tert-OH is 1. The highest BCUT2D eigenvalue weighted by atomic mass is 35.5. The molecule has 0 bridgehead atoms. The second-order valence-corrected chi connectivity index (χ2v) is 10.4. The second kappa shape index (κ2) is 20.7. The molecule has 3 heteroatoms. The summed E-state index contributed by atoms with van der Waals surface area (Å²) < 4.78 is 0. The minimum Gasteiger partial charge on any atom is -1.00 e. The van der Waals surface area contributed by atoms with Gasteiger partial charge in [-0.05, 0) is 32.6 Å². The van der Waals surface area contributed by atoms with Crippen LogP contribution in [-0.2, 0) is 0 Å². The molecule has 0 radical (unpaired) electrons. The maximum atomic E-state index is 7.57. The fourth-order valence-electron chi connectivity index (χ4n) is 2.64. The largest absolute Gasteiger partial charge is 1.00 e. The number of aliphatic hydroxyl groups is 1. The van der Waals surface area contributed by atoms with Crippen molar-refractivity contribution in [1.82, 2.24) is 0 Å². The first kappa shape index (κ1) is 26.6. The van der Waals surface area contributed by atoms with E-state index in [4.69, 9.17) is 5.11 Å². The number of rotatable bonds is 12. The van der Waals surface area contributed by atoms with Gasteiger partial charge in [0.05, 0.1) is 24.6 Å². The summed E-state index contributed by atoms with van der Waals surface area (Å²) in [4.78, 5) is 0. The van der Waals surface area contributed by atoms with Gasteiger partial charge >= 0.3 is 0 Å². The van der Waals surface area contributed by atoms with Gasteiger partial charge in [-0.2, -0.15) is 0 Å². The Morgan fingerprint density at radius 1 is 0.571 bits per heavy atom. The molecule has 0 aromatic heterocycles. The first-order chi connectivity index (χ1) is 9.66. The van der Waals surface area contributed by atoms with Crippen molar-refractivity contribution in [3.8, 4) is 0 Å². The standard InChI is InChI=1S/C16H36P.C2H6O.ClH/c1-5-9-13-17(14-10-6-2,15-11-7-3)16-12-8-4;1-2-3;/h5-16H2,1-4H3;3H,2H2,1H3;1H/q+1;;/p-1. The molecule has 0 heterocycles. The van der Waals surface area contributed by atoms with E-state index in [1.54, 1.807) is 31.6 Å². The van der Waals surface area contributed by atoms with E-state index in [-0.39, 0.29) is 19.0 Å². The van der Waals surface area contributed by atoms with Crippen molar-refractivity contribution in [2.45, 2.75) is 86.0 Å². The maximum absolute atomic E-state index is 7.57. The van der Waals surface area contributed by atoms with E-state index in [0.717, 1.165) is 0 Å². The number of unbranched alkanes of at least 4 members (excludes halogenated alkanes) is 4. The summed E-state index contributed by atoms with van der Waals surface area (Å²) >= 11 is 0. The van der Waals surface area contributed by atoms with Crippen LogP contribution in [0.1, 0.15) is 86.0 Å². The minimum absolute atomic E-state index is 0. The Morgan fingerprint density at radius 2 is 0.762 bits per heavy atom. The molecule has 0 rings (SSSR count). The zero-order chi connectivity index (χ0) is 15.7. The molecule has 0 saturated carbocycles. The SMILES string of the molecule is CCCC[P+](CCCC)(CCCC)CCCC.CCO.[Cl-]. The third-order valence-electron chi connectivity index (χ3n) is 3.94. The summed E-state index contributed by atoms with van der Waals surface area (Å²) in [6.45, 7) is 11.4. The Morgan fingerprint density at radius 3 is 0.905 bits per heavy atom. The molecule has 1 nitrogen and oxygen atoms in total. The van der Waals surface area contributed by atoms with E-state index in [2.05, 4.69) is 27.7 Å². The monoisotopic (exact) mass is 340 g/mol. The van der Waals surface area contributed by atoms with E-state index in [1.165, 1.54) is 51.4 Å². The molecular formula is C18H42ClOP. The first-order valence-electron chi connectivity index (χ1n) is 9.12. The van der Waals surface area contributed by atoms with Gasteiger partial charge in [-0.3, -0.25) is 0 Å². The van der Waals surface area contributed by atoms with E-state index in [1.807, 2.05) is 0 Å². The van der Waals surface area contributed by atoms with Gasteiger partial charge in [0.2, 0.25) is 0 Å². The normalized spacial score (nSPS) is 10.6. The number of halogens is 1. The number of hydrogen-bond acceptors (Lipinski definition) is 1. The van der Waals surface area contributed by atoms with Crippen LogP contribution in [0.5, 0.6) is 0 Å². The fraction of sp³-hybridized carbons (Fsp3) is 1.00. The Hall–Kier alpha value is 0.680. The highest BCUT2D eigenvalue weighted by Crippen LogP contribution is 2.61. The van der Waals surface area contributed by atoms with E-state index >= 15 is 0 Å². The van der Waals surface area contributed by atoms with Crippen molar-refractivity contribution in [2.24, 2.45) is 0 Å². The predicted molar refractivity (Wildman–Crippen MR) is 98.8 cm³/mol. The van der Waals surface area contributed by atoms with Crippen molar-refractivity contribution in [3.05, 3.63) is 0 Å². The number of hydrogen-bond donors (Lipinski definition) is 1. The summed E-state index contributed by atoms with van der Waals surface area (Å²) in [5.74, 6) is 0. The second-order valence-electron chi connectivity index (χ2n) is 5.97. The van der Waals surface area contributed by atoms with Crippen LogP contribution in [0.2, 0.25) is 0 Å². The molecule has 0 fully saturated rings. The molecule has 1 N–H and O–H groups in total. The smallest absolute Gasteiger partial charge is 0.0594 e. The van der Waals surface area contributed by atoms with Gasteiger partial charge in [0, 0.05) is 13.9 Å². The van der Waals surface area contributed by atoms with Crippen LogP contribution in [0.25, 0.3) is 0 Å². The van der Waals surface area contributed by atoms with Crippen molar-refractivity contribution in [3.63, 3.8) is 0 Å². The van der Waals surface area contributed by atoms with Crippen molar-refractivity contribution < 1.29 is 17.5 Å². The Balaban J connectivity index is -0.000000740. The molecule has 0 aromatic carbocycles. The molecule has 21 heavy (non-hydrogen) atoms. The lowest BCUT2D eigenvalue weighted by Crippen LogP contribution is -3.00. The minimum atomic E-state index is -0.562. The molecule has 0 aliphatic rings. The lowest BCUT2D eigenvalue weighted by molar-refractivity contribution is -0.00000595. The quantitative estimate of drug-likeness (QED) is 0.541. The molecule has 0 saturated heterocycles. The summed E-state index contributed by atoms with van der Waals surface area (Å²) in [6.07, 6.45) is 17.9. The van der Waals surface area contributed by atoms with Crippen LogP contribution in [0.4, 0.5) is 0 Å². The van der Waals surface area contributed by atoms with Crippen LogP contribution in [0.3, 0.4) is 0 Å². The first-order valence-corrected chi connectivity index (χ1v) is 11.6. The van der Waals surface area contributed by atoms with Crippen LogP contribution >= 0.6 is 7.26 Å². The van der Waals surface area contributed by atoms with Crippen LogP contribution in [-0.4, -0.2) is 36.4 Å². The molecule has 132 valence electrons. The lowest BCUT2D eigenvalue weighted by atomic mass is 10.4. The zero-order valence-corrected chi connectivity index (χ0v) is 17.1. The highest BCUT2D eigenvalue weighted by molar-refractivity contribution is 7.75. The maximum Gasteiger partial charge on any atom is 0.0594 e. The van der Waals surface area contributed by atoms with Gasteiger partial charge in [0.25, 0.3) is 0 Å². The molecule has 0 amide bonds. The summed E-state index contributed by atoms with van der Waals surface area (Å²) in [7, 11) is -0.562. The molecular weight excluding hydrogens is 299 g/mol. The van der Waals surface area contributed by atoms with Gasteiger partial charge in [-0.25, -0.2) is 0 Å². The topological polar surface area (TPSA) is 20.2 Å². The van der Waals surface area contributed by atoms with Gasteiger partial charge in [0.1, 0.15) is 0 Å². The predicted octanol–water partition coefficient (Wildman–Crippen LogP) is 3.21. The summed E-state index contributed by atoms with van der Waals surface area (Å²) in [6, 6.07) is 0. The molecule has 0 unspecified atom stereocenters. The molecule has 0 spiro atoms. The van der Waals surface area contributed by atoms with Crippen LogP contribution in [0.15, 0.2) is 0 Å². The Kier molecular flexibility index (Phi) is 26.2. The summed E-state index contributed by atoms with van der Waals surface area (Å²) in [5, 5.41) is 7.57. The van der Waals surface area contributed by atoms with Gasteiger partial charge < -0.3 is 17.5 Å². The molecule has 0 aliphatic carbocycles. The average Bonchev–Trinajstić information content (AvgIpc) is 2.46. The van der Waals surface area contributed by atoms with E-state index in [0.29, 0.717) is 0 Å². The molecule has 0 aromatic rings. The van der Waals surface area contributed by atoms with E-state index in [9.17, 15) is 0 Å². The third kappa shape index (κ3) is 16.9. The fourth-order valence-corrected chi connectivity index (χ4v) is 7.93. The van der Waals surface area contributed by atoms with Crippen molar-refractivity contribution in [1.29, 1.82) is 0 Å². The third-order valence-corrected chi connectivity index (χ3v) is 9.00. The lowest BCUT2D eigenvalue weighted by Gasteiger charge is -2.28. The highest BCUT2D eigenvalue weighted by Gasteiger charge is 2.34. The van der Waals surface area contributed by atoms with Gasteiger partial charge in [-0.1, -0.05) is 53.4 Å². The van der Waals surface area contributed by atoms with Gasteiger partial charge in [0.15, 0.2) is 0 Å². The molecule has 0 atom stereocenters.